The minimum atomic E-state index is -0.258. The number of carbonyl (C=O) groups is 1. The average molecular weight is 397 g/mol. The lowest BCUT2D eigenvalue weighted by atomic mass is 9.85. The molecule has 3 fully saturated rings. The molecular formula is C23H28N2O2S. The van der Waals surface area contributed by atoms with E-state index in [0.29, 0.717) is 5.92 Å². The van der Waals surface area contributed by atoms with Crippen molar-refractivity contribution in [3.05, 3.63) is 46.2 Å². The van der Waals surface area contributed by atoms with E-state index in [1.165, 1.54) is 22.3 Å². The highest BCUT2D eigenvalue weighted by molar-refractivity contribution is 7.08. The van der Waals surface area contributed by atoms with Gasteiger partial charge in [0, 0.05) is 6.54 Å². The summed E-state index contributed by atoms with van der Waals surface area (Å²) in [6.45, 7) is 7.67. The quantitative estimate of drug-likeness (QED) is 0.806. The maximum Gasteiger partial charge on any atom is 0.407 e. The van der Waals surface area contributed by atoms with Crippen LogP contribution >= 0.6 is 11.3 Å². The highest BCUT2D eigenvalue weighted by atomic mass is 32.1. The first-order chi connectivity index (χ1) is 13.5. The normalized spacial score (nSPS) is 30.1. The Labute approximate surface area is 170 Å². The fourth-order valence-corrected chi connectivity index (χ4v) is 5.93. The van der Waals surface area contributed by atoms with E-state index in [9.17, 15) is 4.79 Å². The van der Waals surface area contributed by atoms with Gasteiger partial charge in [-0.05, 0) is 82.8 Å². The Hall–Kier alpha value is -1.85. The summed E-state index contributed by atoms with van der Waals surface area (Å²) in [6.07, 6.45) is 3.06. The molecule has 2 aromatic rings. The van der Waals surface area contributed by atoms with E-state index in [1.54, 1.807) is 11.3 Å². The minimum Gasteiger partial charge on any atom is -0.445 e. The Balaban J connectivity index is 1.32. The number of hydrogen-bond acceptors (Lipinski definition) is 4. The number of alkyl carbamates (subject to hydrolysis) is 1. The van der Waals surface area contributed by atoms with Crippen LogP contribution in [0.2, 0.25) is 0 Å². The third-order valence-corrected chi connectivity index (χ3v) is 7.54. The molecule has 0 spiro atoms. The SMILES string of the molecule is CC1(C)Cc2cc(-c3ccsc3)ccc2C1NC(=O)O[C@@H]1CN2CCC1CC2. The summed E-state index contributed by atoms with van der Waals surface area (Å²) in [7, 11) is 0. The third-order valence-electron chi connectivity index (χ3n) is 6.85. The van der Waals surface area contributed by atoms with Gasteiger partial charge in [-0.25, -0.2) is 4.79 Å². The van der Waals surface area contributed by atoms with Crippen molar-refractivity contribution in [2.45, 2.75) is 45.3 Å². The second-order valence-corrected chi connectivity index (χ2v) is 10.0. The molecule has 5 heteroatoms. The molecule has 6 rings (SSSR count). The molecule has 0 saturated carbocycles. The smallest absolute Gasteiger partial charge is 0.407 e. The molecule has 148 valence electrons. The van der Waals surface area contributed by atoms with Crippen molar-refractivity contribution in [3.8, 4) is 11.1 Å². The molecule has 3 saturated heterocycles. The Morgan fingerprint density at radius 2 is 2.04 bits per heavy atom. The zero-order valence-corrected chi connectivity index (χ0v) is 17.4. The van der Waals surface area contributed by atoms with Gasteiger partial charge in [0.05, 0.1) is 6.04 Å². The van der Waals surface area contributed by atoms with Gasteiger partial charge in [0.2, 0.25) is 0 Å². The predicted molar refractivity (Wildman–Crippen MR) is 113 cm³/mol. The van der Waals surface area contributed by atoms with E-state index in [0.717, 1.165) is 38.9 Å². The molecular weight excluding hydrogens is 368 g/mol. The van der Waals surface area contributed by atoms with Crippen molar-refractivity contribution in [1.29, 1.82) is 0 Å². The van der Waals surface area contributed by atoms with E-state index < -0.39 is 0 Å². The van der Waals surface area contributed by atoms with E-state index in [4.69, 9.17) is 4.74 Å². The van der Waals surface area contributed by atoms with Gasteiger partial charge in [-0.2, -0.15) is 11.3 Å². The number of nitrogens with one attached hydrogen (secondary N) is 1. The largest absolute Gasteiger partial charge is 0.445 e. The van der Waals surface area contributed by atoms with Crippen molar-refractivity contribution in [3.63, 3.8) is 0 Å². The number of piperidine rings is 3. The van der Waals surface area contributed by atoms with Crippen LogP contribution in [0.3, 0.4) is 0 Å². The molecule has 1 aromatic heterocycles. The molecule has 1 N–H and O–H groups in total. The summed E-state index contributed by atoms with van der Waals surface area (Å²) >= 11 is 1.72. The number of nitrogens with zero attached hydrogens (tertiary/aromatic N) is 1. The monoisotopic (exact) mass is 396 g/mol. The molecule has 28 heavy (non-hydrogen) atoms. The number of amides is 1. The molecule has 1 amide bonds. The highest BCUT2D eigenvalue weighted by Gasteiger charge is 2.42. The summed E-state index contributed by atoms with van der Waals surface area (Å²) in [5, 5.41) is 7.50. The number of carbonyl (C=O) groups excluding carboxylic acids is 1. The lowest BCUT2D eigenvalue weighted by molar-refractivity contribution is -0.0348. The zero-order valence-electron chi connectivity index (χ0n) is 16.6. The van der Waals surface area contributed by atoms with E-state index in [1.807, 2.05) is 0 Å². The first-order valence-electron chi connectivity index (χ1n) is 10.3. The minimum absolute atomic E-state index is 0.00684. The lowest BCUT2D eigenvalue weighted by Gasteiger charge is -2.44. The van der Waals surface area contributed by atoms with Crippen LogP contribution in [0.5, 0.6) is 0 Å². The van der Waals surface area contributed by atoms with Crippen LogP contribution in [0.15, 0.2) is 35.0 Å². The molecule has 4 nitrogen and oxygen atoms in total. The number of rotatable bonds is 3. The van der Waals surface area contributed by atoms with Crippen LogP contribution in [0.1, 0.15) is 43.9 Å². The summed E-state index contributed by atoms with van der Waals surface area (Å²) in [5.41, 5.74) is 5.07. The van der Waals surface area contributed by atoms with Gasteiger partial charge in [-0.3, -0.25) is 4.90 Å². The fraction of sp³-hybridized carbons (Fsp3) is 0.522. The van der Waals surface area contributed by atoms with Crippen LogP contribution in [-0.2, 0) is 11.2 Å². The van der Waals surface area contributed by atoms with Crippen LogP contribution in [-0.4, -0.2) is 36.7 Å². The number of thiophene rings is 1. The predicted octanol–water partition coefficient (Wildman–Crippen LogP) is 4.86. The summed E-state index contributed by atoms with van der Waals surface area (Å²) in [4.78, 5) is 15.2. The Morgan fingerprint density at radius 1 is 1.21 bits per heavy atom. The maximum atomic E-state index is 12.7. The van der Waals surface area contributed by atoms with Crippen LogP contribution in [0.25, 0.3) is 11.1 Å². The second kappa shape index (κ2) is 6.89. The van der Waals surface area contributed by atoms with Crippen molar-refractivity contribution in [2.24, 2.45) is 11.3 Å². The van der Waals surface area contributed by atoms with E-state index in [-0.39, 0.29) is 23.7 Å². The maximum absolute atomic E-state index is 12.7. The van der Waals surface area contributed by atoms with Gasteiger partial charge in [0.15, 0.2) is 0 Å². The van der Waals surface area contributed by atoms with Gasteiger partial charge in [-0.1, -0.05) is 32.0 Å². The van der Waals surface area contributed by atoms with Gasteiger partial charge in [0.1, 0.15) is 6.10 Å². The standard InChI is InChI=1S/C23H28N2O2S/c1-23(2)12-18-11-16(17-7-10-28-14-17)3-4-19(18)21(23)24-22(26)27-20-13-25-8-5-15(20)6-9-25/h3-4,7,10-11,14-15,20-21H,5-6,8-9,12-13H2,1-2H3,(H,24,26)/t20-,21?/m1/s1. The Bertz CT molecular complexity index is 869. The van der Waals surface area contributed by atoms with Gasteiger partial charge in [0.25, 0.3) is 0 Å². The van der Waals surface area contributed by atoms with E-state index in [2.05, 4.69) is 59.1 Å². The summed E-state index contributed by atoms with van der Waals surface area (Å²) < 4.78 is 5.89. The highest BCUT2D eigenvalue weighted by Crippen LogP contribution is 2.46. The lowest BCUT2D eigenvalue weighted by Crippen LogP contribution is -2.53. The fourth-order valence-electron chi connectivity index (χ4n) is 5.27. The first-order valence-corrected chi connectivity index (χ1v) is 11.3. The number of fused-ring (bicyclic) bond motifs is 4. The van der Waals surface area contributed by atoms with Crippen LogP contribution in [0, 0.1) is 11.3 Å². The summed E-state index contributed by atoms with van der Waals surface area (Å²) in [5.74, 6) is 0.535. The van der Waals surface area contributed by atoms with Gasteiger partial charge >= 0.3 is 6.09 Å². The van der Waals surface area contributed by atoms with Crippen molar-refractivity contribution < 1.29 is 9.53 Å². The first kappa shape index (κ1) is 18.2. The second-order valence-electron chi connectivity index (χ2n) is 9.25. The molecule has 1 aromatic carbocycles. The molecule has 0 radical (unpaired) electrons. The van der Waals surface area contributed by atoms with Crippen LogP contribution in [0.4, 0.5) is 4.79 Å². The van der Waals surface area contributed by atoms with Crippen molar-refractivity contribution in [1.82, 2.24) is 10.2 Å². The topological polar surface area (TPSA) is 41.6 Å². The third kappa shape index (κ3) is 3.25. The molecule has 4 aliphatic rings. The summed E-state index contributed by atoms with van der Waals surface area (Å²) in [6, 6.07) is 8.81. The molecule has 2 bridgehead atoms. The molecule has 3 aliphatic heterocycles. The zero-order chi connectivity index (χ0) is 19.3. The average Bonchev–Trinajstić information content (AvgIpc) is 3.29. The molecule has 1 aliphatic carbocycles. The van der Waals surface area contributed by atoms with Crippen molar-refractivity contribution in [2.75, 3.05) is 19.6 Å². The van der Waals surface area contributed by atoms with Crippen LogP contribution < -0.4 is 5.32 Å². The molecule has 1 unspecified atom stereocenters. The molecule has 4 heterocycles. The Morgan fingerprint density at radius 3 is 2.71 bits per heavy atom. The van der Waals surface area contributed by atoms with Crippen molar-refractivity contribution >= 4 is 17.4 Å². The van der Waals surface area contributed by atoms with Gasteiger partial charge < -0.3 is 10.1 Å². The molecule has 2 atom stereocenters. The number of benzene rings is 1. The van der Waals surface area contributed by atoms with Gasteiger partial charge in [-0.15, -0.1) is 0 Å². The number of ether oxygens (including phenoxy) is 1. The van der Waals surface area contributed by atoms with E-state index >= 15 is 0 Å². The number of hydrogen-bond donors (Lipinski definition) is 1. The Kier molecular flexibility index (Phi) is 4.48.